The van der Waals surface area contributed by atoms with Gasteiger partial charge in [0.25, 0.3) is 52.2 Å². The van der Waals surface area contributed by atoms with Crippen LogP contribution in [-0.4, -0.2) is 239 Å². The maximum atomic E-state index is 14.2. The Bertz CT molecular complexity index is 4750. The van der Waals surface area contributed by atoms with Crippen LogP contribution in [0.3, 0.4) is 0 Å². The van der Waals surface area contributed by atoms with Gasteiger partial charge in [0.1, 0.15) is 5.75 Å². The third-order valence-electron chi connectivity index (χ3n) is 24.9. The van der Waals surface area contributed by atoms with Gasteiger partial charge in [0, 0.05) is 170 Å². The first kappa shape index (κ1) is 98.5. The molecule has 678 valence electrons. The van der Waals surface area contributed by atoms with Crippen LogP contribution in [0.1, 0.15) is 152 Å². The Hall–Kier alpha value is -7.71. The van der Waals surface area contributed by atoms with Crippen LogP contribution in [0.15, 0.2) is 121 Å². The van der Waals surface area contributed by atoms with Crippen molar-refractivity contribution < 1.29 is 93.1 Å². The first-order valence-corrected chi connectivity index (χ1v) is 43.4. The van der Waals surface area contributed by atoms with Gasteiger partial charge in [-0.15, -0.1) is 0 Å². The van der Waals surface area contributed by atoms with E-state index in [0.717, 1.165) is 146 Å². The molecule has 0 unspecified atom stereocenters. The maximum Gasteiger partial charge on any atom is 0.430 e. The van der Waals surface area contributed by atoms with Crippen LogP contribution in [0, 0.1) is 22.7 Å². The number of methoxy groups -OCH3 is 1. The summed E-state index contributed by atoms with van der Waals surface area (Å²) in [5.41, 5.74) is -8.95. The van der Waals surface area contributed by atoms with Crippen molar-refractivity contribution in [3.05, 3.63) is 185 Å². The van der Waals surface area contributed by atoms with Crippen LogP contribution < -0.4 is 19.4 Å². The van der Waals surface area contributed by atoms with Gasteiger partial charge >= 0.3 is 18.5 Å². The number of rotatable bonds is 19. The highest BCUT2D eigenvalue weighted by molar-refractivity contribution is 6.36. The van der Waals surface area contributed by atoms with Crippen molar-refractivity contribution in [3.63, 3.8) is 0 Å². The third kappa shape index (κ3) is 22.7. The molecule has 20 nitrogen and oxygen atoms in total. The summed E-state index contributed by atoms with van der Waals surface area (Å²) in [6.45, 7) is 9.62. The summed E-state index contributed by atoms with van der Waals surface area (Å²) < 4.78 is 138. The van der Waals surface area contributed by atoms with Gasteiger partial charge in [0.15, 0.2) is 0 Å². The fourth-order valence-corrected chi connectivity index (χ4v) is 18.9. The number of aliphatic hydroxyl groups is 3. The molecule has 0 aromatic heterocycles. The van der Waals surface area contributed by atoms with Gasteiger partial charge in [-0.2, -0.15) is 39.5 Å². The fraction of sp³-hybridized carbons (Fsp3) is 0.528. The average Bonchev–Trinajstić information content (AvgIpc) is 0.757. The molecule has 6 aliphatic rings. The molecule has 6 aliphatic heterocycles. The summed E-state index contributed by atoms with van der Waals surface area (Å²) in [6.07, 6.45) is -5.91. The Balaban J connectivity index is 0.000000195. The zero-order valence-electron chi connectivity index (χ0n) is 70.5. The van der Waals surface area contributed by atoms with E-state index in [-0.39, 0.29) is 101 Å². The molecule has 0 saturated carbocycles. The molecule has 124 heavy (non-hydrogen) atoms. The smallest absolute Gasteiger partial charge is 0.430 e. The Labute approximate surface area is 747 Å². The van der Waals surface area contributed by atoms with Gasteiger partial charge in [-0.1, -0.05) is 108 Å². The minimum Gasteiger partial charge on any atom is -0.497 e. The zero-order valence-corrected chi connectivity index (χ0v) is 75.1. The fourth-order valence-electron chi connectivity index (χ4n) is 17.4. The summed E-state index contributed by atoms with van der Waals surface area (Å²) in [4.78, 5) is 90.7. The summed E-state index contributed by atoms with van der Waals surface area (Å²) >= 11 is 36.8. The largest absolute Gasteiger partial charge is 0.497 e. The van der Waals surface area contributed by atoms with Crippen molar-refractivity contribution in [3.8, 4) is 5.75 Å². The van der Waals surface area contributed by atoms with E-state index in [1.54, 1.807) is 66.6 Å². The number of anilines is 3. The summed E-state index contributed by atoms with van der Waals surface area (Å²) in [5, 5.41) is 33.3. The second kappa shape index (κ2) is 40.3. The topological polar surface area (TPSA) is 211 Å². The van der Waals surface area contributed by atoms with Crippen LogP contribution in [0.25, 0.3) is 0 Å². The molecule has 35 heteroatoms. The molecular weight excluding hydrogens is 1750 g/mol. The number of halogens is 15. The van der Waals surface area contributed by atoms with E-state index in [9.17, 15) is 83.6 Å². The SMILES string of the molecule is CN(C)C(=O)c1ccc(N2CCC(CC3(C)CCN(C(=O)[C@](O)(c4cccc(Cl)c4)C(F)(F)F)CC3)CC2)cc1Cl.CN(C)C(=O)c1ccc(N2CCC(OC3CCN(C(=O)[C@](O)(c4cc(Cl)cc(Cl)c4)C(F)(F)F)CC3)CC2)cc1Cl.COc1cccc([C@@](O)(C(=O)N2CCC(C)(CC3CCN(c4ccc(C(=O)N(C)C)c(Cl)c4)CC3)CC2)C(F)(F)F)c1. The molecule has 0 spiro atoms. The standard InChI is InChI=1S/C31H39ClF3N3O4.C30H36Cl2F3N3O3.C28H31Cl3F3N3O4/c1-29(20-21-10-14-37(15-11-21)23-8-9-25(26(32)19-23)27(39)36(2)3)12-16-38(17-13-29)28(40)30(41,31(33,34)35)22-6-5-7-24(18-22)42-4;1-28(19-20-9-13-37(14-10-20)23-7-8-24(25(32)18-23)26(39)36(2)3)11-15-38(16-12-28)27(40)29(41,30(33,34)35)21-5-4-6-22(31)17-21;1-35(2)25(38)23-4-3-20(16-24(23)31)36-9-5-21(6-10-36)41-22-7-11-37(12-8-22)26(39)27(40,28(32,33)34)17-13-18(29)15-19(30)14-17/h5-9,18-19,21,41H,10-17,20H2,1-4H3;4-8,17-18,20,41H,9-16,19H2,1-3H3;3-4,13-16,21-22,40H,5-12H2,1-2H3/t30-;29-;27-/m111/s1. The lowest BCUT2D eigenvalue weighted by Crippen LogP contribution is -2.57. The van der Waals surface area contributed by atoms with E-state index in [4.69, 9.17) is 79.1 Å². The van der Waals surface area contributed by atoms with Crippen LogP contribution in [0.4, 0.5) is 56.6 Å². The Kier molecular flexibility index (Phi) is 32.0. The molecule has 6 aromatic carbocycles. The van der Waals surface area contributed by atoms with Crippen LogP contribution in [0.2, 0.25) is 30.1 Å². The van der Waals surface area contributed by atoms with E-state index in [1.165, 1.54) is 52.1 Å². The third-order valence-corrected chi connectivity index (χ3v) is 26.5. The summed E-state index contributed by atoms with van der Waals surface area (Å²) in [7, 11) is 11.4. The van der Waals surface area contributed by atoms with Crippen molar-refractivity contribution in [2.45, 2.75) is 151 Å². The maximum absolute atomic E-state index is 14.2. The molecule has 3 N–H and O–H groups in total. The minimum absolute atomic E-state index is 0.00551. The summed E-state index contributed by atoms with van der Waals surface area (Å²) in [6, 6.07) is 29.1. The lowest BCUT2D eigenvalue weighted by Gasteiger charge is -2.45. The molecule has 0 aliphatic carbocycles. The molecule has 0 radical (unpaired) electrons. The number of nitrogens with zero attached hydrogens (tertiary/aromatic N) is 9. The highest BCUT2D eigenvalue weighted by atomic mass is 35.5. The molecule has 3 atom stereocenters. The van der Waals surface area contributed by atoms with Gasteiger partial charge in [-0.05, 0) is 210 Å². The predicted molar refractivity (Wildman–Crippen MR) is 462 cm³/mol. The number of benzene rings is 6. The normalized spacial score (nSPS) is 19.2. The number of alkyl halides is 9. The number of carbonyl (C=O) groups excluding carboxylic acids is 6. The second-order valence-corrected chi connectivity index (χ2v) is 36.9. The number of likely N-dealkylation sites (tertiary alicyclic amines) is 3. The molecule has 0 bridgehead atoms. The summed E-state index contributed by atoms with van der Waals surface area (Å²) in [5.74, 6) is -3.62. The molecule has 6 saturated heterocycles. The second-order valence-electron chi connectivity index (χ2n) is 34.4. The molecular formula is C89H106Cl6F9N9O11. The zero-order chi connectivity index (χ0) is 91.1. The molecule has 6 fully saturated rings. The Morgan fingerprint density at radius 1 is 0.387 bits per heavy atom. The van der Waals surface area contributed by atoms with Crippen molar-refractivity contribution in [2.75, 3.05) is 143 Å². The quantitative estimate of drug-likeness (QED) is 0.0644. The number of amides is 6. The minimum atomic E-state index is -5.29. The number of hydrogen-bond donors (Lipinski definition) is 3. The van der Waals surface area contributed by atoms with Gasteiger partial charge in [0.2, 0.25) is 0 Å². The van der Waals surface area contributed by atoms with Gasteiger partial charge < -0.3 is 68.9 Å². The van der Waals surface area contributed by atoms with E-state index in [0.29, 0.717) is 95.2 Å². The van der Waals surface area contributed by atoms with Gasteiger partial charge in [0.05, 0.1) is 51.1 Å². The lowest BCUT2D eigenvalue weighted by molar-refractivity contribution is -0.263. The van der Waals surface area contributed by atoms with E-state index >= 15 is 0 Å². The Morgan fingerprint density at radius 3 is 1.00 bits per heavy atom. The highest BCUT2D eigenvalue weighted by Gasteiger charge is 2.65. The predicted octanol–water partition coefficient (Wildman–Crippen LogP) is 17.9. The number of ether oxygens (including phenoxy) is 2. The van der Waals surface area contributed by atoms with Crippen molar-refractivity contribution in [1.29, 1.82) is 0 Å². The van der Waals surface area contributed by atoms with Crippen molar-refractivity contribution >= 4 is 122 Å². The molecule has 6 heterocycles. The average molecular weight is 1860 g/mol. The monoisotopic (exact) mass is 1860 g/mol. The molecule has 6 amide bonds. The number of carbonyl (C=O) groups is 6. The van der Waals surface area contributed by atoms with E-state index in [1.807, 2.05) is 30.3 Å². The van der Waals surface area contributed by atoms with Crippen molar-refractivity contribution in [1.82, 2.24) is 29.4 Å². The van der Waals surface area contributed by atoms with Crippen molar-refractivity contribution in [2.24, 2.45) is 22.7 Å². The number of hydrogen-bond acceptors (Lipinski definition) is 14. The first-order valence-electron chi connectivity index (χ1n) is 41.1. The van der Waals surface area contributed by atoms with E-state index in [2.05, 4.69) is 28.5 Å². The van der Waals surface area contributed by atoms with E-state index < -0.39 is 69.7 Å². The molecule has 12 rings (SSSR count). The Morgan fingerprint density at radius 2 is 0.685 bits per heavy atom. The first-order chi connectivity index (χ1) is 58.0. The van der Waals surface area contributed by atoms with Crippen LogP contribution >= 0.6 is 69.6 Å². The van der Waals surface area contributed by atoms with Gasteiger partial charge in [-0.3, -0.25) is 28.8 Å². The lowest BCUT2D eigenvalue weighted by atomic mass is 9.71. The van der Waals surface area contributed by atoms with Crippen LogP contribution in [0.5, 0.6) is 5.75 Å². The molecule has 6 aromatic rings. The van der Waals surface area contributed by atoms with Crippen LogP contribution in [-0.2, 0) is 35.9 Å². The van der Waals surface area contributed by atoms with Gasteiger partial charge in [-0.25, -0.2) is 0 Å². The number of piperidine rings is 6. The highest BCUT2D eigenvalue weighted by Crippen LogP contribution is 2.50.